The smallest absolute Gasteiger partial charge is 0.339 e. The largest absolute Gasteiger partial charge is 0.478 e. The number of nitrogens with zero attached hydrogens (tertiary/aromatic N) is 1. The molecule has 3 rings (SSSR count). The highest BCUT2D eigenvalue weighted by Crippen LogP contribution is 2.26. The summed E-state index contributed by atoms with van der Waals surface area (Å²) in [6.45, 7) is 0. The van der Waals surface area contributed by atoms with Gasteiger partial charge >= 0.3 is 5.97 Å². The van der Waals surface area contributed by atoms with Gasteiger partial charge in [-0.1, -0.05) is 18.2 Å². The number of aromatic carboxylic acids is 1. The average Bonchev–Trinajstić information content (AvgIpc) is 2.49. The highest BCUT2D eigenvalue weighted by molar-refractivity contribution is 5.91. The van der Waals surface area contributed by atoms with Crippen LogP contribution in [0.5, 0.6) is 11.6 Å². The van der Waals surface area contributed by atoms with Crippen LogP contribution < -0.4 is 4.74 Å². The maximum absolute atomic E-state index is 13.1. The third-order valence-electron chi connectivity index (χ3n) is 2.96. The van der Waals surface area contributed by atoms with Crippen LogP contribution in [0.4, 0.5) is 4.39 Å². The highest BCUT2D eigenvalue weighted by atomic mass is 19.1. The van der Waals surface area contributed by atoms with E-state index in [0.717, 1.165) is 23.0 Å². The molecule has 0 radical (unpaired) electrons. The van der Waals surface area contributed by atoms with Gasteiger partial charge in [-0.25, -0.2) is 14.2 Å². The Morgan fingerprint density at radius 2 is 1.90 bits per heavy atom. The molecule has 104 valence electrons. The summed E-state index contributed by atoms with van der Waals surface area (Å²) in [5.41, 5.74) is 0.485. The molecule has 1 heterocycles. The highest BCUT2D eigenvalue weighted by Gasteiger charge is 2.14. The monoisotopic (exact) mass is 283 g/mol. The summed E-state index contributed by atoms with van der Waals surface area (Å²) >= 11 is 0. The number of pyridine rings is 1. The number of carboxylic acid groups (broad SMARTS) is 1. The predicted octanol–water partition coefficient (Wildman–Crippen LogP) is 3.86. The topological polar surface area (TPSA) is 59.4 Å². The number of ether oxygens (including phenoxy) is 1. The first-order chi connectivity index (χ1) is 10.1. The van der Waals surface area contributed by atoms with E-state index in [-0.39, 0.29) is 17.2 Å². The molecule has 3 aromatic rings. The molecule has 0 aliphatic heterocycles. The molecule has 0 aliphatic carbocycles. The Labute approximate surface area is 119 Å². The SMILES string of the molecule is O=C(O)c1cc(F)ccc1Oc1ccc2ccccc2n1. The molecule has 0 fully saturated rings. The van der Waals surface area contributed by atoms with Gasteiger partial charge in [-0.3, -0.25) is 0 Å². The molecule has 0 saturated carbocycles. The van der Waals surface area contributed by atoms with E-state index in [1.165, 1.54) is 6.07 Å². The number of hydrogen-bond acceptors (Lipinski definition) is 3. The van der Waals surface area contributed by atoms with Crippen molar-refractivity contribution in [2.24, 2.45) is 0 Å². The summed E-state index contributed by atoms with van der Waals surface area (Å²) < 4.78 is 18.6. The fourth-order valence-electron chi connectivity index (χ4n) is 1.98. The summed E-state index contributed by atoms with van der Waals surface area (Å²) in [6, 6.07) is 14.3. The van der Waals surface area contributed by atoms with Gasteiger partial charge in [0.25, 0.3) is 0 Å². The standard InChI is InChI=1S/C16H10FNO3/c17-11-6-7-14(12(9-11)16(19)20)21-15-8-5-10-3-1-2-4-13(10)18-15/h1-9H,(H,19,20). The minimum Gasteiger partial charge on any atom is -0.478 e. The van der Waals surface area contributed by atoms with Crippen molar-refractivity contribution in [2.75, 3.05) is 0 Å². The van der Waals surface area contributed by atoms with Crippen LogP contribution in [0, 0.1) is 5.82 Å². The fourth-order valence-corrected chi connectivity index (χ4v) is 1.98. The van der Waals surface area contributed by atoms with Crippen LogP contribution in [-0.4, -0.2) is 16.1 Å². The molecule has 1 aromatic heterocycles. The molecule has 2 aromatic carbocycles. The molecule has 0 unspecified atom stereocenters. The van der Waals surface area contributed by atoms with Gasteiger partial charge in [-0.15, -0.1) is 0 Å². The maximum atomic E-state index is 13.1. The zero-order valence-electron chi connectivity index (χ0n) is 10.8. The van der Waals surface area contributed by atoms with Gasteiger partial charge in [-0.2, -0.15) is 0 Å². The van der Waals surface area contributed by atoms with Crippen molar-refractivity contribution in [2.45, 2.75) is 0 Å². The van der Waals surface area contributed by atoms with Gasteiger partial charge in [0.2, 0.25) is 5.88 Å². The van der Waals surface area contributed by atoms with Crippen molar-refractivity contribution in [1.82, 2.24) is 4.98 Å². The summed E-state index contributed by atoms with van der Waals surface area (Å²) in [4.78, 5) is 15.4. The van der Waals surface area contributed by atoms with E-state index in [1.54, 1.807) is 6.07 Å². The van der Waals surface area contributed by atoms with Gasteiger partial charge < -0.3 is 9.84 Å². The third-order valence-corrected chi connectivity index (χ3v) is 2.96. The number of hydrogen-bond donors (Lipinski definition) is 1. The Kier molecular flexibility index (Phi) is 3.23. The number of fused-ring (bicyclic) bond motifs is 1. The lowest BCUT2D eigenvalue weighted by molar-refractivity contribution is 0.0693. The van der Waals surface area contributed by atoms with Crippen LogP contribution in [0.15, 0.2) is 54.6 Å². The average molecular weight is 283 g/mol. The predicted molar refractivity (Wildman–Crippen MR) is 75.2 cm³/mol. The molecule has 4 nitrogen and oxygen atoms in total. The van der Waals surface area contributed by atoms with Gasteiger partial charge in [0.05, 0.1) is 5.52 Å². The van der Waals surface area contributed by atoms with E-state index in [9.17, 15) is 9.18 Å². The molecule has 21 heavy (non-hydrogen) atoms. The summed E-state index contributed by atoms with van der Waals surface area (Å²) in [6.07, 6.45) is 0. The van der Waals surface area contributed by atoms with Crippen molar-refractivity contribution >= 4 is 16.9 Å². The Morgan fingerprint density at radius 3 is 2.71 bits per heavy atom. The third kappa shape index (κ3) is 2.67. The first-order valence-corrected chi connectivity index (χ1v) is 6.20. The van der Waals surface area contributed by atoms with Crippen molar-refractivity contribution in [3.63, 3.8) is 0 Å². The molecule has 0 spiro atoms. The van der Waals surface area contributed by atoms with E-state index in [1.807, 2.05) is 30.3 Å². The normalized spacial score (nSPS) is 10.5. The number of aromatic nitrogens is 1. The summed E-state index contributed by atoms with van der Waals surface area (Å²) in [5.74, 6) is -1.59. The number of rotatable bonds is 3. The van der Waals surface area contributed by atoms with Crippen molar-refractivity contribution in [3.8, 4) is 11.6 Å². The number of halogens is 1. The first-order valence-electron chi connectivity index (χ1n) is 6.20. The van der Waals surface area contributed by atoms with Gasteiger partial charge in [0.1, 0.15) is 17.1 Å². The maximum Gasteiger partial charge on any atom is 0.339 e. The van der Waals surface area contributed by atoms with Crippen LogP contribution in [0.3, 0.4) is 0 Å². The molecular weight excluding hydrogens is 273 g/mol. The molecule has 0 aliphatic rings. The van der Waals surface area contributed by atoms with Crippen LogP contribution >= 0.6 is 0 Å². The van der Waals surface area contributed by atoms with Crippen molar-refractivity contribution < 1.29 is 19.0 Å². The second kappa shape index (κ2) is 5.20. The molecule has 0 atom stereocenters. The second-order valence-electron chi connectivity index (χ2n) is 4.39. The zero-order valence-corrected chi connectivity index (χ0v) is 10.8. The summed E-state index contributed by atoms with van der Waals surface area (Å²) in [5, 5.41) is 10.0. The van der Waals surface area contributed by atoms with Crippen LogP contribution in [-0.2, 0) is 0 Å². The van der Waals surface area contributed by atoms with Crippen molar-refractivity contribution in [3.05, 3.63) is 66.0 Å². The molecule has 0 amide bonds. The first kappa shape index (κ1) is 13.1. The van der Waals surface area contributed by atoms with E-state index >= 15 is 0 Å². The molecule has 5 heteroatoms. The molecule has 0 bridgehead atoms. The Hall–Kier alpha value is -2.95. The van der Waals surface area contributed by atoms with E-state index in [4.69, 9.17) is 9.84 Å². The minimum absolute atomic E-state index is 0.0479. The second-order valence-corrected chi connectivity index (χ2v) is 4.39. The lowest BCUT2D eigenvalue weighted by Gasteiger charge is -2.08. The quantitative estimate of drug-likeness (QED) is 0.792. The van der Waals surface area contributed by atoms with Crippen LogP contribution in [0.2, 0.25) is 0 Å². The molecular formula is C16H10FNO3. The number of carbonyl (C=O) groups is 1. The van der Waals surface area contributed by atoms with Gasteiger partial charge in [0, 0.05) is 11.5 Å². The zero-order chi connectivity index (χ0) is 14.8. The minimum atomic E-state index is -1.26. The lowest BCUT2D eigenvalue weighted by Crippen LogP contribution is -2.01. The number of carboxylic acids is 1. The summed E-state index contributed by atoms with van der Waals surface area (Å²) in [7, 11) is 0. The Bertz CT molecular complexity index is 833. The molecule has 0 saturated heterocycles. The molecule has 1 N–H and O–H groups in total. The van der Waals surface area contributed by atoms with E-state index in [0.29, 0.717) is 0 Å². The number of benzene rings is 2. The van der Waals surface area contributed by atoms with Gasteiger partial charge in [-0.05, 0) is 30.3 Å². The van der Waals surface area contributed by atoms with Gasteiger partial charge in [0.15, 0.2) is 0 Å². The Morgan fingerprint density at radius 1 is 1.10 bits per heavy atom. The van der Waals surface area contributed by atoms with Crippen molar-refractivity contribution in [1.29, 1.82) is 0 Å². The Balaban J connectivity index is 2.00. The van der Waals surface area contributed by atoms with E-state index in [2.05, 4.69) is 4.98 Å². The van der Waals surface area contributed by atoms with Crippen LogP contribution in [0.1, 0.15) is 10.4 Å². The lowest BCUT2D eigenvalue weighted by atomic mass is 10.2. The fraction of sp³-hybridized carbons (Fsp3) is 0. The number of para-hydroxylation sites is 1. The van der Waals surface area contributed by atoms with E-state index < -0.39 is 11.8 Å². The van der Waals surface area contributed by atoms with Crippen LogP contribution in [0.25, 0.3) is 10.9 Å².